The van der Waals surface area contributed by atoms with Crippen LogP contribution in [-0.4, -0.2) is 42.5 Å². The molecule has 0 spiro atoms. The van der Waals surface area contributed by atoms with E-state index in [1.807, 2.05) is 0 Å². The minimum atomic E-state index is -0.957. The van der Waals surface area contributed by atoms with E-state index < -0.39 is 28.7 Å². The van der Waals surface area contributed by atoms with Crippen LogP contribution in [0.25, 0.3) is 6.08 Å². The molecule has 0 aromatic heterocycles. The SMILES string of the molecule is CCOC(=O)c1ccc(N2C(=O)NC(=O)/C(=C\c3cc(Cl)c(OCc4cccc([N+](=O)[O-])c4)c(OC)c3)C2=O)cc1. The Morgan fingerprint density at radius 3 is 2.49 bits per heavy atom. The van der Waals surface area contributed by atoms with Gasteiger partial charge in [-0.15, -0.1) is 0 Å². The summed E-state index contributed by atoms with van der Waals surface area (Å²) in [5.74, 6) is -2.07. The van der Waals surface area contributed by atoms with E-state index in [0.717, 1.165) is 4.90 Å². The van der Waals surface area contributed by atoms with Crippen LogP contribution in [0.2, 0.25) is 5.02 Å². The number of barbiturate groups is 1. The van der Waals surface area contributed by atoms with Gasteiger partial charge in [0.25, 0.3) is 17.5 Å². The Kier molecular flexibility index (Phi) is 8.63. The molecule has 0 unspecified atom stereocenters. The molecule has 4 amide bonds. The molecule has 1 heterocycles. The number of rotatable bonds is 9. The van der Waals surface area contributed by atoms with E-state index in [0.29, 0.717) is 11.1 Å². The smallest absolute Gasteiger partial charge is 0.338 e. The molecule has 0 atom stereocenters. The van der Waals surface area contributed by atoms with Gasteiger partial charge in [0.2, 0.25) is 0 Å². The van der Waals surface area contributed by atoms with Crippen LogP contribution < -0.4 is 19.7 Å². The molecule has 1 aliphatic rings. The molecule has 0 radical (unpaired) electrons. The molecule has 4 rings (SSSR count). The van der Waals surface area contributed by atoms with Crippen LogP contribution in [0, 0.1) is 10.1 Å². The Balaban J connectivity index is 1.60. The lowest BCUT2D eigenvalue weighted by Crippen LogP contribution is -2.54. The Bertz CT molecular complexity index is 1590. The van der Waals surface area contributed by atoms with Crippen molar-refractivity contribution in [3.8, 4) is 11.5 Å². The van der Waals surface area contributed by atoms with E-state index >= 15 is 0 Å². The fourth-order valence-electron chi connectivity index (χ4n) is 3.90. The van der Waals surface area contributed by atoms with Gasteiger partial charge in [-0.2, -0.15) is 0 Å². The molecule has 0 bridgehead atoms. The zero-order valence-electron chi connectivity index (χ0n) is 21.7. The summed E-state index contributed by atoms with van der Waals surface area (Å²) in [5.41, 5.74) is 0.709. The molecular weight excluding hydrogens is 558 g/mol. The second kappa shape index (κ2) is 12.3. The van der Waals surface area contributed by atoms with Crippen LogP contribution >= 0.6 is 11.6 Å². The normalized spacial score (nSPS) is 14.1. The second-order valence-electron chi connectivity index (χ2n) is 8.47. The number of carbonyl (C=O) groups is 4. The van der Waals surface area contributed by atoms with Gasteiger partial charge in [0, 0.05) is 12.1 Å². The summed E-state index contributed by atoms with van der Waals surface area (Å²) in [4.78, 5) is 61.6. The van der Waals surface area contributed by atoms with Crippen molar-refractivity contribution in [3.63, 3.8) is 0 Å². The van der Waals surface area contributed by atoms with Crippen LogP contribution in [0.15, 0.2) is 66.2 Å². The van der Waals surface area contributed by atoms with Gasteiger partial charge < -0.3 is 14.2 Å². The number of amides is 4. The number of hydrogen-bond donors (Lipinski definition) is 1. The quantitative estimate of drug-likeness (QED) is 0.125. The van der Waals surface area contributed by atoms with Crippen molar-refractivity contribution in [3.05, 3.63) is 98.1 Å². The summed E-state index contributed by atoms with van der Waals surface area (Å²) in [6, 6.07) is 13.4. The van der Waals surface area contributed by atoms with E-state index in [9.17, 15) is 29.3 Å². The van der Waals surface area contributed by atoms with Gasteiger partial charge >= 0.3 is 12.0 Å². The Labute approximate surface area is 238 Å². The number of nitro groups is 1. The van der Waals surface area contributed by atoms with Crippen molar-refractivity contribution in [1.82, 2.24) is 5.32 Å². The maximum absolute atomic E-state index is 13.3. The number of hydrogen-bond acceptors (Lipinski definition) is 9. The molecular formula is C28H22ClN3O9. The number of methoxy groups -OCH3 is 1. The van der Waals surface area contributed by atoms with Gasteiger partial charge in [0.15, 0.2) is 11.5 Å². The summed E-state index contributed by atoms with van der Waals surface area (Å²) in [5, 5.41) is 13.2. The molecule has 210 valence electrons. The molecule has 1 fully saturated rings. The monoisotopic (exact) mass is 579 g/mol. The van der Waals surface area contributed by atoms with E-state index in [-0.39, 0.29) is 52.2 Å². The molecule has 1 saturated heterocycles. The summed E-state index contributed by atoms with van der Waals surface area (Å²) >= 11 is 6.43. The highest BCUT2D eigenvalue weighted by Gasteiger charge is 2.37. The van der Waals surface area contributed by atoms with Crippen LogP contribution in [0.3, 0.4) is 0 Å². The highest BCUT2D eigenvalue weighted by molar-refractivity contribution is 6.39. The maximum atomic E-state index is 13.3. The number of ether oxygens (including phenoxy) is 3. The van der Waals surface area contributed by atoms with Crippen LogP contribution in [-0.2, 0) is 20.9 Å². The van der Waals surface area contributed by atoms with Crippen molar-refractivity contribution in [2.75, 3.05) is 18.6 Å². The summed E-state index contributed by atoms with van der Waals surface area (Å²) < 4.78 is 16.1. The Morgan fingerprint density at radius 2 is 1.83 bits per heavy atom. The minimum absolute atomic E-state index is 0.0505. The number of nitrogens with zero attached hydrogens (tertiary/aromatic N) is 2. The lowest BCUT2D eigenvalue weighted by molar-refractivity contribution is -0.384. The predicted molar refractivity (Wildman–Crippen MR) is 147 cm³/mol. The number of benzene rings is 3. The lowest BCUT2D eigenvalue weighted by atomic mass is 10.1. The number of anilines is 1. The first-order valence-electron chi connectivity index (χ1n) is 12.0. The van der Waals surface area contributed by atoms with Gasteiger partial charge in [-0.05, 0) is 60.5 Å². The summed E-state index contributed by atoms with van der Waals surface area (Å²) in [7, 11) is 1.36. The van der Waals surface area contributed by atoms with Crippen molar-refractivity contribution in [1.29, 1.82) is 0 Å². The molecule has 1 N–H and O–H groups in total. The number of nitrogens with one attached hydrogen (secondary N) is 1. The van der Waals surface area contributed by atoms with Crippen LogP contribution in [0.5, 0.6) is 11.5 Å². The number of urea groups is 1. The van der Waals surface area contributed by atoms with Gasteiger partial charge in [-0.1, -0.05) is 23.7 Å². The molecule has 0 aliphatic carbocycles. The van der Waals surface area contributed by atoms with Crippen molar-refractivity contribution in [2.45, 2.75) is 13.5 Å². The highest BCUT2D eigenvalue weighted by atomic mass is 35.5. The van der Waals surface area contributed by atoms with Gasteiger partial charge in [-0.3, -0.25) is 25.0 Å². The third-order valence-electron chi connectivity index (χ3n) is 5.81. The number of carbonyl (C=O) groups excluding carboxylic acids is 4. The van der Waals surface area contributed by atoms with E-state index in [1.165, 1.54) is 67.8 Å². The van der Waals surface area contributed by atoms with Gasteiger partial charge in [-0.25, -0.2) is 14.5 Å². The molecule has 1 aliphatic heterocycles. The third-order valence-corrected chi connectivity index (χ3v) is 6.09. The third kappa shape index (κ3) is 6.34. The molecule has 12 nitrogen and oxygen atoms in total. The largest absolute Gasteiger partial charge is 0.493 e. The Morgan fingerprint density at radius 1 is 1.10 bits per heavy atom. The molecule has 13 heteroatoms. The van der Waals surface area contributed by atoms with Crippen molar-refractivity contribution < 1.29 is 38.3 Å². The zero-order valence-corrected chi connectivity index (χ0v) is 22.5. The number of esters is 1. The maximum Gasteiger partial charge on any atom is 0.338 e. The van der Waals surface area contributed by atoms with E-state index in [4.69, 9.17) is 25.8 Å². The van der Waals surface area contributed by atoms with Crippen LogP contribution in [0.1, 0.15) is 28.4 Å². The molecule has 3 aromatic carbocycles. The summed E-state index contributed by atoms with van der Waals surface area (Å²) in [6.45, 7) is 1.80. The van der Waals surface area contributed by atoms with Gasteiger partial charge in [0.05, 0.1) is 34.9 Å². The van der Waals surface area contributed by atoms with Crippen molar-refractivity contribution in [2.24, 2.45) is 0 Å². The first-order valence-corrected chi connectivity index (χ1v) is 12.4. The minimum Gasteiger partial charge on any atom is -0.493 e. The number of non-ortho nitro benzene ring substituents is 1. The number of halogens is 1. The van der Waals surface area contributed by atoms with E-state index in [2.05, 4.69) is 5.32 Å². The summed E-state index contributed by atoms with van der Waals surface area (Å²) in [6.07, 6.45) is 1.24. The van der Waals surface area contributed by atoms with Gasteiger partial charge in [0.1, 0.15) is 12.2 Å². The molecule has 3 aromatic rings. The lowest BCUT2D eigenvalue weighted by Gasteiger charge is -2.26. The topological polar surface area (TPSA) is 154 Å². The average Bonchev–Trinajstić information content (AvgIpc) is 2.95. The standard InChI is InChI=1S/C28H22ClN3O9/c1-3-40-27(35)18-7-9-19(10-8-18)31-26(34)21(25(33)30-28(31)36)12-17-13-22(29)24(23(14-17)39-2)41-15-16-5-4-6-20(11-16)32(37)38/h4-14H,3,15H2,1-2H3,(H,30,33,36)/b21-12+. The zero-order chi connectivity index (χ0) is 29.7. The number of imide groups is 2. The fourth-order valence-corrected chi connectivity index (χ4v) is 4.17. The highest BCUT2D eigenvalue weighted by Crippen LogP contribution is 2.38. The first-order chi connectivity index (χ1) is 19.6. The number of nitro benzene ring substituents is 1. The molecule has 0 saturated carbocycles. The average molecular weight is 580 g/mol. The van der Waals surface area contributed by atoms with E-state index in [1.54, 1.807) is 13.0 Å². The predicted octanol–water partition coefficient (Wildman–Crippen LogP) is 4.68. The second-order valence-corrected chi connectivity index (χ2v) is 8.88. The fraction of sp³-hybridized carbons (Fsp3) is 0.143. The molecule has 41 heavy (non-hydrogen) atoms. The first kappa shape index (κ1) is 28.8. The van der Waals surface area contributed by atoms with Crippen LogP contribution in [0.4, 0.5) is 16.2 Å². The van der Waals surface area contributed by atoms with Crippen molar-refractivity contribution >= 4 is 52.9 Å². The Hall–Kier alpha value is -5.23.